The lowest BCUT2D eigenvalue weighted by atomic mass is 9.92. The summed E-state index contributed by atoms with van der Waals surface area (Å²) in [6.45, 7) is 8.17. The maximum Gasteiger partial charge on any atom is 0.233 e. The average molecular weight is 345 g/mol. The van der Waals surface area contributed by atoms with E-state index in [4.69, 9.17) is 0 Å². The summed E-state index contributed by atoms with van der Waals surface area (Å²) in [7, 11) is 0. The highest BCUT2D eigenvalue weighted by molar-refractivity contribution is 7.99. The maximum absolute atomic E-state index is 12.5. The van der Waals surface area contributed by atoms with E-state index in [-0.39, 0.29) is 5.91 Å². The van der Waals surface area contributed by atoms with Crippen LogP contribution in [0.5, 0.6) is 0 Å². The molecule has 2 unspecified atom stereocenters. The van der Waals surface area contributed by atoms with Crippen molar-refractivity contribution in [3.05, 3.63) is 29.8 Å². The second-order valence-electron chi connectivity index (χ2n) is 6.74. The lowest BCUT2D eigenvalue weighted by Crippen LogP contribution is -2.43. The third-order valence-electron chi connectivity index (χ3n) is 4.27. The van der Waals surface area contributed by atoms with E-state index in [0.29, 0.717) is 22.7 Å². The van der Waals surface area contributed by atoms with Crippen molar-refractivity contribution in [3.8, 4) is 5.69 Å². The summed E-state index contributed by atoms with van der Waals surface area (Å²) in [6, 6.07) is 8.00. The molecule has 2 heterocycles. The number of benzene rings is 1. The number of carbonyl (C=O) groups is 1. The fourth-order valence-corrected chi connectivity index (χ4v) is 3.99. The largest absolute Gasteiger partial charge is 0.341 e. The highest BCUT2D eigenvalue weighted by atomic mass is 32.2. The highest BCUT2D eigenvalue weighted by Gasteiger charge is 2.25. The third-order valence-corrected chi connectivity index (χ3v) is 5.17. The van der Waals surface area contributed by atoms with Crippen LogP contribution in [0, 0.1) is 18.8 Å². The van der Waals surface area contributed by atoms with Crippen LogP contribution < -0.4 is 0 Å². The molecule has 1 aromatic carbocycles. The number of amides is 1. The quantitative estimate of drug-likeness (QED) is 0.797. The predicted octanol–water partition coefficient (Wildman–Crippen LogP) is 2.57. The van der Waals surface area contributed by atoms with Gasteiger partial charge in [-0.1, -0.05) is 43.3 Å². The summed E-state index contributed by atoms with van der Waals surface area (Å²) < 4.78 is 1.68. The normalized spacial score (nSPS) is 21.0. The molecule has 1 saturated heterocycles. The average Bonchev–Trinajstić information content (AvgIpc) is 3.01. The number of nitrogens with zero attached hydrogens (tertiary/aromatic N) is 5. The molecule has 1 aromatic heterocycles. The molecule has 0 saturated carbocycles. The second kappa shape index (κ2) is 7.34. The Balaban J connectivity index is 1.64. The van der Waals surface area contributed by atoms with Gasteiger partial charge >= 0.3 is 0 Å². The molecule has 0 aliphatic carbocycles. The summed E-state index contributed by atoms with van der Waals surface area (Å²) in [5.74, 6) is 1.67. The van der Waals surface area contributed by atoms with Gasteiger partial charge in [0.05, 0.1) is 11.4 Å². The number of hydrogen-bond donors (Lipinski definition) is 0. The Morgan fingerprint density at radius 1 is 1.21 bits per heavy atom. The number of aromatic nitrogens is 4. The molecule has 1 aliphatic heterocycles. The number of rotatable bonds is 4. The van der Waals surface area contributed by atoms with Crippen LogP contribution in [0.2, 0.25) is 0 Å². The van der Waals surface area contributed by atoms with Crippen molar-refractivity contribution in [2.75, 3.05) is 18.8 Å². The number of likely N-dealkylation sites (tertiary alicyclic amines) is 1. The van der Waals surface area contributed by atoms with Crippen LogP contribution in [0.25, 0.3) is 5.69 Å². The van der Waals surface area contributed by atoms with Crippen molar-refractivity contribution in [1.29, 1.82) is 0 Å². The van der Waals surface area contributed by atoms with Crippen molar-refractivity contribution in [1.82, 2.24) is 25.1 Å². The van der Waals surface area contributed by atoms with E-state index < -0.39 is 0 Å². The van der Waals surface area contributed by atoms with Gasteiger partial charge in [-0.05, 0) is 47.7 Å². The van der Waals surface area contributed by atoms with Gasteiger partial charge in [0.2, 0.25) is 11.1 Å². The molecule has 2 atom stereocenters. The Labute approximate surface area is 146 Å². The number of tetrazole rings is 1. The summed E-state index contributed by atoms with van der Waals surface area (Å²) in [6.07, 6.45) is 1.20. The van der Waals surface area contributed by atoms with Crippen molar-refractivity contribution in [2.45, 2.75) is 32.3 Å². The van der Waals surface area contributed by atoms with E-state index >= 15 is 0 Å². The van der Waals surface area contributed by atoms with Crippen molar-refractivity contribution in [3.63, 3.8) is 0 Å². The number of piperidine rings is 1. The number of aryl methyl sites for hydroxylation is 1. The van der Waals surface area contributed by atoms with Gasteiger partial charge in [-0.2, -0.15) is 4.68 Å². The molecular weight excluding hydrogens is 322 g/mol. The Hall–Kier alpha value is -1.89. The Bertz CT molecular complexity index is 689. The van der Waals surface area contributed by atoms with E-state index in [0.717, 1.165) is 18.8 Å². The van der Waals surface area contributed by atoms with Gasteiger partial charge in [0, 0.05) is 13.1 Å². The molecule has 3 rings (SSSR count). The molecular formula is C17H23N5OS. The molecule has 128 valence electrons. The van der Waals surface area contributed by atoms with Crippen LogP contribution in [-0.4, -0.2) is 49.9 Å². The van der Waals surface area contributed by atoms with E-state index in [2.05, 4.69) is 29.4 Å². The first-order chi connectivity index (χ1) is 11.5. The molecule has 1 amide bonds. The van der Waals surface area contributed by atoms with Crippen LogP contribution in [0.1, 0.15) is 25.8 Å². The zero-order valence-electron chi connectivity index (χ0n) is 14.3. The second-order valence-corrected chi connectivity index (χ2v) is 7.68. The number of thioether (sulfide) groups is 1. The fourth-order valence-electron chi connectivity index (χ4n) is 3.20. The first-order valence-corrected chi connectivity index (χ1v) is 9.27. The Kier molecular flexibility index (Phi) is 5.18. The zero-order chi connectivity index (χ0) is 17.1. The predicted molar refractivity (Wildman–Crippen MR) is 94.1 cm³/mol. The molecule has 7 heteroatoms. The summed E-state index contributed by atoms with van der Waals surface area (Å²) >= 11 is 1.39. The van der Waals surface area contributed by atoms with Crippen LogP contribution >= 0.6 is 11.8 Å². The monoisotopic (exact) mass is 345 g/mol. The van der Waals surface area contributed by atoms with Gasteiger partial charge in [0.25, 0.3) is 0 Å². The van der Waals surface area contributed by atoms with Crippen LogP contribution in [0.15, 0.2) is 29.4 Å². The van der Waals surface area contributed by atoms with Gasteiger partial charge < -0.3 is 4.90 Å². The lowest BCUT2D eigenvalue weighted by molar-refractivity contribution is -0.130. The Morgan fingerprint density at radius 2 is 1.88 bits per heavy atom. The van der Waals surface area contributed by atoms with Crippen molar-refractivity contribution < 1.29 is 4.79 Å². The first kappa shape index (κ1) is 17.0. The molecule has 0 bridgehead atoms. The SMILES string of the molecule is Cc1ccc(-n2nnnc2SCC(=O)N2CC(C)CC(C)C2)cc1. The molecule has 2 aromatic rings. The molecule has 6 nitrogen and oxygen atoms in total. The van der Waals surface area contributed by atoms with Crippen molar-refractivity contribution in [2.24, 2.45) is 11.8 Å². The fraction of sp³-hybridized carbons (Fsp3) is 0.529. The van der Waals surface area contributed by atoms with Gasteiger partial charge in [0.1, 0.15) is 0 Å². The smallest absolute Gasteiger partial charge is 0.233 e. The van der Waals surface area contributed by atoms with Crippen LogP contribution in [0.3, 0.4) is 0 Å². The van der Waals surface area contributed by atoms with Gasteiger partial charge in [-0.15, -0.1) is 5.10 Å². The van der Waals surface area contributed by atoms with Gasteiger partial charge in [0.15, 0.2) is 0 Å². The zero-order valence-corrected chi connectivity index (χ0v) is 15.2. The molecule has 0 radical (unpaired) electrons. The maximum atomic E-state index is 12.5. The van der Waals surface area contributed by atoms with Crippen molar-refractivity contribution >= 4 is 17.7 Å². The van der Waals surface area contributed by atoms with Gasteiger partial charge in [-0.25, -0.2) is 0 Å². The summed E-state index contributed by atoms with van der Waals surface area (Å²) in [5, 5.41) is 12.5. The molecule has 0 N–H and O–H groups in total. The standard InChI is InChI=1S/C17H23N5OS/c1-12-4-6-15(7-5-12)22-17(18-19-20-22)24-11-16(23)21-9-13(2)8-14(3)10-21/h4-7,13-14H,8-11H2,1-3H3. The minimum absolute atomic E-state index is 0.164. The summed E-state index contributed by atoms with van der Waals surface area (Å²) in [4.78, 5) is 14.5. The van der Waals surface area contributed by atoms with Crippen LogP contribution in [0.4, 0.5) is 0 Å². The van der Waals surface area contributed by atoms with Gasteiger partial charge in [-0.3, -0.25) is 4.79 Å². The number of hydrogen-bond acceptors (Lipinski definition) is 5. The molecule has 24 heavy (non-hydrogen) atoms. The van der Waals surface area contributed by atoms with E-state index in [9.17, 15) is 4.79 Å². The summed E-state index contributed by atoms with van der Waals surface area (Å²) in [5.41, 5.74) is 2.09. The molecule has 0 spiro atoms. The lowest BCUT2D eigenvalue weighted by Gasteiger charge is -2.34. The van der Waals surface area contributed by atoms with E-state index in [1.807, 2.05) is 36.1 Å². The topological polar surface area (TPSA) is 63.9 Å². The Morgan fingerprint density at radius 3 is 2.54 bits per heavy atom. The van der Waals surface area contributed by atoms with E-state index in [1.54, 1.807) is 4.68 Å². The molecule has 1 aliphatic rings. The van der Waals surface area contributed by atoms with Crippen LogP contribution in [-0.2, 0) is 4.79 Å². The number of carbonyl (C=O) groups excluding carboxylic acids is 1. The molecule has 1 fully saturated rings. The third kappa shape index (κ3) is 3.95. The van der Waals surface area contributed by atoms with E-state index in [1.165, 1.54) is 23.7 Å². The minimum Gasteiger partial charge on any atom is -0.341 e. The first-order valence-electron chi connectivity index (χ1n) is 8.29. The minimum atomic E-state index is 0.164. The highest BCUT2D eigenvalue weighted by Crippen LogP contribution is 2.23.